The van der Waals surface area contributed by atoms with E-state index in [0.717, 1.165) is 17.8 Å². The molecule has 1 nitrogen and oxygen atoms in total. The van der Waals surface area contributed by atoms with Crippen LogP contribution in [-0.4, -0.2) is 24.5 Å². The molecule has 0 N–H and O–H groups in total. The van der Waals surface area contributed by atoms with Crippen LogP contribution in [0, 0.1) is 17.8 Å². The van der Waals surface area contributed by atoms with Crippen molar-refractivity contribution in [2.45, 2.75) is 13.8 Å². The van der Waals surface area contributed by atoms with Gasteiger partial charge in [-0.3, -0.25) is 0 Å². The predicted octanol–water partition coefficient (Wildman–Crippen LogP) is 1.20. The highest BCUT2D eigenvalue weighted by molar-refractivity contribution is 5.02. The van der Waals surface area contributed by atoms with Gasteiger partial charge in [0.1, 0.15) is 0 Å². The van der Waals surface area contributed by atoms with Gasteiger partial charge in [-0.05, 0) is 24.3 Å². The highest BCUT2D eigenvalue weighted by Gasteiger charge is 2.51. The van der Waals surface area contributed by atoms with Crippen molar-refractivity contribution in [1.29, 1.82) is 0 Å². The molecule has 0 spiro atoms. The maximum Gasteiger partial charge on any atom is 0.00156 e. The first-order valence-electron chi connectivity index (χ1n) is 4.05. The minimum atomic E-state index is 1.06. The summed E-state index contributed by atoms with van der Waals surface area (Å²) < 4.78 is 0. The van der Waals surface area contributed by atoms with E-state index in [1.807, 2.05) is 0 Å². The van der Waals surface area contributed by atoms with Crippen molar-refractivity contribution in [1.82, 2.24) is 4.90 Å². The monoisotopic (exact) mass is 125 g/mol. The summed E-state index contributed by atoms with van der Waals surface area (Å²) in [5.74, 6) is 3.24. The van der Waals surface area contributed by atoms with Gasteiger partial charge in [-0.15, -0.1) is 0 Å². The third kappa shape index (κ3) is 0.710. The summed E-state index contributed by atoms with van der Waals surface area (Å²) in [4.78, 5) is 2.56. The molecule has 2 fully saturated rings. The van der Waals surface area contributed by atoms with Gasteiger partial charge in [-0.1, -0.05) is 13.8 Å². The summed E-state index contributed by atoms with van der Waals surface area (Å²) in [7, 11) is 0. The minimum Gasteiger partial charge on any atom is -0.303 e. The Balaban J connectivity index is 1.89. The van der Waals surface area contributed by atoms with Crippen molar-refractivity contribution >= 4 is 0 Å². The van der Waals surface area contributed by atoms with Crippen LogP contribution >= 0.6 is 0 Å². The molecule has 2 rings (SSSR count). The highest BCUT2D eigenvalue weighted by atomic mass is 15.2. The number of likely N-dealkylation sites (tertiary alicyclic amines) is 1. The summed E-state index contributed by atoms with van der Waals surface area (Å²) >= 11 is 0. The zero-order valence-corrected chi connectivity index (χ0v) is 6.30. The molecule has 1 aliphatic carbocycles. The van der Waals surface area contributed by atoms with Gasteiger partial charge >= 0.3 is 0 Å². The van der Waals surface area contributed by atoms with Gasteiger partial charge in [0.25, 0.3) is 0 Å². The molecule has 9 heavy (non-hydrogen) atoms. The largest absolute Gasteiger partial charge is 0.303 e. The molecule has 0 aromatic rings. The van der Waals surface area contributed by atoms with Crippen molar-refractivity contribution in [3.05, 3.63) is 0 Å². The van der Waals surface area contributed by atoms with E-state index in [9.17, 15) is 0 Å². The third-order valence-corrected chi connectivity index (χ3v) is 3.15. The molecule has 2 unspecified atom stereocenters. The van der Waals surface area contributed by atoms with Crippen LogP contribution in [0.3, 0.4) is 0 Å². The standard InChI is InChI=1S/C8H15N/c1-3-9-4-7-6(2)8(7)5-9/h6-8H,3-5H2,1-2H3. The average molecular weight is 125 g/mol. The third-order valence-electron chi connectivity index (χ3n) is 3.15. The van der Waals surface area contributed by atoms with Gasteiger partial charge in [-0.25, -0.2) is 0 Å². The second-order valence-corrected chi connectivity index (χ2v) is 3.54. The highest BCUT2D eigenvalue weighted by Crippen LogP contribution is 2.50. The molecule has 2 aliphatic rings. The molecule has 1 heterocycles. The lowest BCUT2D eigenvalue weighted by Crippen LogP contribution is -2.23. The topological polar surface area (TPSA) is 3.24 Å². The van der Waals surface area contributed by atoms with E-state index in [1.165, 1.54) is 19.6 Å². The van der Waals surface area contributed by atoms with E-state index in [4.69, 9.17) is 0 Å². The van der Waals surface area contributed by atoms with Crippen LogP contribution in [0.2, 0.25) is 0 Å². The minimum absolute atomic E-state index is 1.06. The molecular weight excluding hydrogens is 110 g/mol. The fourth-order valence-electron chi connectivity index (χ4n) is 2.17. The van der Waals surface area contributed by atoms with Crippen LogP contribution in [0.25, 0.3) is 0 Å². The Bertz CT molecular complexity index is 110. The summed E-state index contributed by atoms with van der Waals surface area (Å²) in [6, 6.07) is 0. The maximum absolute atomic E-state index is 2.56. The predicted molar refractivity (Wildman–Crippen MR) is 38.3 cm³/mol. The Morgan fingerprint density at radius 1 is 1.33 bits per heavy atom. The van der Waals surface area contributed by atoms with Crippen molar-refractivity contribution in [2.24, 2.45) is 17.8 Å². The first-order chi connectivity index (χ1) is 4.33. The molecule has 0 radical (unpaired) electrons. The first kappa shape index (κ1) is 5.72. The molecule has 0 aromatic carbocycles. The summed E-state index contributed by atoms with van der Waals surface area (Å²) in [6.07, 6.45) is 0. The second kappa shape index (κ2) is 1.72. The normalized spacial score (nSPS) is 49.3. The summed E-state index contributed by atoms with van der Waals surface area (Å²) in [5.41, 5.74) is 0. The molecule has 1 heteroatoms. The van der Waals surface area contributed by atoms with Gasteiger partial charge < -0.3 is 4.90 Å². The van der Waals surface area contributed by atoms with Crippen LogP contribution < -0.4 is 0 Å². The Kier molecular flexibility index (Phi) is 1.10. The SMILES string of the molecule is CCN1CC2C(C)C2C1. The van der Waals surface area contributed by atoms with E-state index in [2.05, 4.69) is 18.7 Å². The number of fused-ring (bicyclic) bond motifs is 1. The summed E-state index contributed by atoms with van der Waals surface area (Å²) in [6.45, 7) is 8.70. The average Bonchev–Trinajstić information content (AvgIpc) is 2.32. The lowest BCUT2D eigenvalue weighted by Gasteiger charge is -2.14. The van der Waals surface area contributed by atoms with E-state index in [1.54, 1.807) is 0 Å². The van der Waals surface area contributed by atoms with E-state index >= 15 is 0 Å². The number of nitrogens with zero attached hydrogens (tertiary/aromatic N) is 1. The van der Waals surface area contributed by atoms with Crippen LogP contribution in [-0.2, 0) is 0 Å². The van der Waals surface area contributed by atoms with Gasteiger partial charge in [0.15, 0.2) is 0 Å². The smallest absolute Gasteiger partial charge is 0.00156 e. The van der Waals surface area contributed by atoms with Gasteiger partial charge in [-0.2, -0.15) is 0 Å². The first-order valence-corrected chi connectivity index (χ1v) is 4.05. The van der Waals surface area contributed by atoms with E-state index in [0.29, 0.717) is 0 Å². The number of piperidine rings is 1. The van der Waals surface area contributed by atoms with E-state index < -0.39 is 0 Å². The van der Waals surface area contributed by atoms with E-state index in [-0.39, 0.29) is 0 Å². The Labute approximate surface area is 57.0 Å². The number of hydrogen-bond acceptors (Lipinski definition) is 1. The van der Waals surface area contributed by atoms with Crippen molar-refractivity contribution in [3.8, 4) is 0 Å². The Hall–Kier alpha value is -0.0400. The fourth-order valence-corrected chi connectivity index (χ4v) is 2.17. The van der Waals surface area contributed by atoms with Crippen LogP contribution in [0.15, 0.2) is 0 Å². The van der Waals surface area contributed by atoms with Gasteiger partial charge in [0, 0.05) is 13.1 Å². The van der Waals surface area contributed by atoms with Gasteiger partial charge in [0.2, 0.25) is 0 Å². The Morgan fingerprint density at radius 3 is 2.33 bits per heavy atom. The van der Waals surface area contributed by atoms with Crippen molar-refractivity contribution < 1.29 is 0 Å². The quantitative estimate of drug-likeness (QED) is 0.509. The molecule has 1 saturated carbocycles. The van der Waals surface area contributed by atoms with Crippen LogP contribution in [0.1, 0.15) is 13.8 Å². The molecule has 1 aliphatic heterocycles. The number of hydrogen-bond donors (Lipinski definition) is 0. The molecule has 52 valence electrons. The zero-order chi connectivity index (χ0) is 6.43. The lowest BCUT2D eigenvalue weighted by molar-refractivity contribution is 0.304. The molecule has 0 amide bonds. The summed E-state index contributed by atoms with van der Waals surface area (Å²) in [5, 5.41) is 0. The van der Waals surface area contributed by atoms with Gasteiger partial charge in [0.05, 0.1) is 0 Å². The van der Waals surface area contributed by atoms with Crippen molar-refractivity contribution in [2.75, 3.05) is 19.6 Å². The fraction of sp³-hybridized carbons (Fsp3) is 1.00. The number of rotatable bonds is 1. The maximum atomic E-state index is 2.56. The molecule has 1 saturated heterocycles. The zero-order valence-electron chi connectivity index (χ0n) is 6.30. The Morgan fingerprint density at radius 2 is 1.89 bits per heavy atom. The van der Waals surface area contributed by atoms with Crippen LogP contribution in [0.4, 0.5) is 0 Å². The van der Waals surface area contributed by atoms with Crippen molar-refractivity contribution in [3.63, 3.8) is 0 Å². The lowest BCUT2D eigenvalue weighted by atomic mass is 10.3. The second-order valence-electron chi connectivity index (χ2n) is 3.54. The molecule has 0 aromatic heterocycles. The van der Waals surface area contributed by atoms with Crippen LogP contribution in [0.5, 0.6) is 0 Å². The molecular formula is C8H15N. The molecule has 0 bridgehead atoms. The molecule has 2 atom stereocenters.